The summed E-state index contributed by atoms with van der Waals surface area (Å²) in [5.41, 5.74) is 5.03. The van der Waals surface area contributed by atoms with E-state index in [1.807, 2.05) is 11.4 Å². The maximum Gasteiger partial charge on any atom is 0.327 e. The summed E-state index contributed by atoms with van der Waals surface area (Å²) in [5, 5.41) is 1.87. The zero-order valence-electron chi connectivity index (χ0n) is 10.8. The second kappa shape index (κ2) is 6.25. The second-order valence-corrected chi connectivity index (χ2v) is 8.04. The molecule has 7 heteroatoms. The lowest BCUT2D eigenvalue weighted by Gasteiger charge is -2.41. The van der Waals surface area contributed by atoms with Gasteiger partial charge in [-0.05, 0) is 24.3 Å². The van der Waals surface area contributed by atoms with Crippen LogP contribution in [0.1, 0.15) is 22.5 Å². The van der Waals surface area contributed by atoms with Gasteiger partial charge in [0.05, 0.1) is 16.8 Å². The van der Waals surface area contributed by atoms with Gasteiger partial charge < -0.3 is 10.5 Å². The van der Waals surface area contributed by atoms with Gasteiger partial charge in [-0.2, -0.15) is 0 Å². The third kappa shape index (κ3) is 2.86. The number of carbonyl (C=O) groups is 2. The molecule has 0 aromatic carbocycles. The number of rotatable bonds is 3. The van der Waals surface area contributed by atoms with Gasteiger partial charge in [-0.15, -0.1) is 11.3 Å². The molecule has 1 aromatic heterocycles. The molecule has 0 spiro atoms. The monoisotopic (exact) mass is 423 g/mol. The molecule has 2 rings (SSSR count). The first-order valence-electron chi connectivity index (χ1n) is 6.13. The van der Waals surface area contributed by atoms with E-state index in [1.54, 1.807) is 6.07 Å². The molecule has 4 unspecified atom stereocenters. The number of thiophene rings is 1. The Morgan fingerprint density at radius 3 is 2.75 bits per heavy atom. The molecule has 110 valence electrons. The van der Waals surface area contributed by atoms with Gasteiger partial charge in [0.2, 0.25) is 0 Å². The zero-order chi connectivity index (χ0) is 14.9. The first-order valence-corrected chi connectivity index (χ1v) is 8.84. The minimum Gasteiger partial charge on any atom is -0.468 e. The highest BCUT2D eigenvalue weighted by Crippen LogP contribution is 2.41. The van der Waals surface area contributed by atoms with Gasteiger partial charge >= 0.3 is 5.97 Å². The first kappa shape index (κ1) is 16.1. The molecule has 0 saturated heterocycles. The molecule has 20 heavy (non-hydrogen) atoms. The largest absolute Gasteiger partial charge is 0.468 e. The van der Waals surface area contributed by atoms with Crippen LogP contribution in [0.2, 0.25) is 0 Å². The normalized spacial score (nSPS) is 33.7. The Bertz CT molecular complexity index is 508. The summed E-state index contributed by atoms with van der Waals surface area (Å²) in [6.07, 6.45) is 0.928. The van der Waals surface area contributed by atoms with Gasteiger partial charge in [0, 0.05) is 10.7 Å². The Kier molecular flexibility index (Phi) is 5.05. The molecule has 4 nitrogen and oxygen atoms in total. The Morgan fingerprint density at radius 1 is 1.50 bits per heavy atom. The Balaban J connectivity index is 2.25. The number of esters is 1. The van der Waals surface area contributed by atoms with Crippen molar-refractivity contribution in [2.24, 2.45) is 11.7 Å². The first-order chi connectivity index (χ1) is 9.40. The Morgan fingerprint density at radius 2 is 2.20 bits per heavy atom. The van der Waals surface area contributed by atoms with E-state index in [1.165, 1.54) is 18.4 Å². The van der Waals surface area contributed by atoms with Crippen LogP contribution in [0.25, 0.3) is 0 Å². The van der Waals surface area contributed by atoms with Crippen molar-refractivity contribution in [1.82, 2.24) is 0 Å². The molecule has 1 aromatic rings. The van der Waals surface area contributed by atoms with E-state index in [9.17, 15) is 9.59 Å². The van der Waals surface area contributed by atoms with E-state index in [4.69, 9.17) is 10.5 Å². The Hall–Kier alpha value is -0.240. The summed E-state index contributed by atoms with van der Waals surface area (Å²) in [4.78, 5) is 24.8. The minimum absolute atomic E-state index is 0.0441. The molecule has 0 aliphatic heterocycles. The van der Waals surface area contributed by atoms with E-state index in [2.05, 4.69) is 31.9 Å². The number of halogens is 2. The van der Waals surface area contributed by atoms with Crippen LogP contribution in [0.4, 0.5) is 0 Å². The summed E-state index contributed by atoms with van der Waals surface area (Å²) in [7, 11) is 1.31. The number of carbonyl (C=O) groups excluding carboxylic acids is 2. The number of nitrogens with two attached hydrogens (primary N) is 1. The van der Waals surface area contributed by atoms with Gasteiger partial charge in [-0.25, -0.2) is 0 Å². The summed E-state index contributed by atoms with van der Waals surface area (Å²) >= 11 is 8.38. The van der Waals surface area contributed by atoms with Crippen molar-refractivity contribution in [3.05, 3.63) is 22.4 Å². The van der Waals surface area contributed by atoms with Crippen molar-refractivity contribution in [2.45, 2.75) is 28.0 Å². The van der Waals surface area contributed by atoms with E-state index in [-0.39, 0.29) is 27.8 Å². The smallest absolute Gasteiger partial charge is 0.327 e. The number of ether oxygens (including phenoxy) is 1. The average molecular weight is 425 g/mol. The highest BCUT2D eigenvalue weighted by Gasteiger charge is 2.52. The van der Waals surface area contributed by atoms with Gasteiger partial charge in [0.25, 0.3) is 0 Å². The summed E-state index contributed by atoms with van der Waals surface area (Å²) < 4.78 is 4.81. The standard InChI is InChI=1S/C13H15Br2NO3S/c1-19-12(18)13(16)6-7(5-8(14)11(13)15)10(17)9-3-2-4-20-9/h2-4,7-8,11H,5-6,16H2,1H3. The molecule has 1 saturated carbocycles. The van der Waals surface area contributed by atoms with Gasteiger partial charge in [0.15, 0.2) is 5.78 Å². The lowest BCUT2D eigenvalue weighted by atomic mass is 9.74. The van der Waals surface area contributed by atoms with E-state index in [0.29, 0.717) is 11.3 Å². The van der Waals surface area contributed by atoms with Gasteiger partial charge in [-0.3, -0.25) is 9.59 Å². The number of hydrogen-bond acceptors (Lipinski definition) is 5. The fraction of sp³-hybridized carbons (Fsp3) is 0.538. The fourth-order valence-electron chi connectivity index (χ4n) is 2.52. The van der Waals surface area contributed by atoms with Crippen LogP contribution in [-0.2, 0) is 9.53 Å². The van der Waals surface area contributed by atoms with E-state index in [0.717, 1.165) is 0 Å². The third-order valence-corrected chi connectivity index (χ3v) is 7.56. The SMILES string of the molecule is COC(=O)C1(N)CC(C(=O)c2cccs2)CC(Br)C1Br. The van der Waals surface area contributed by atoms with Crippen LogP contribution < -0.4 is 5.73 Å². The predicted octanol–water partition coefficient (Wildman–Crippen LogP) is 2.74. The number of alkyl halides is 2. The number of hydrogen-bond donors (Lipinski definition) is 1. The number of ketones is 1. The maximum absolute atomic E-state index is 12.5. The van der Waals surface area contributed by atoms with Crippen molar-refractivity contribution in [3.63, 3.8) is 0 Å². The van der Waals surface area contributed by atoms with Crippen LogP contribution >= 0.6 is 43.2 Å². The Labute approximate surface area is 138 Å². The van der Waals surface area contributed by atoms with Crippen LogP contribution in [-0.4, -0.2) is 34.1 Å². The van der Waals surface area contributed by atoms with Crippen molar-refractivity contribution < 1.29 is 14.3 Å². The summed E-state index contributed by atoms with van der Waals surface area (Å²) in [6.45, 7) is 0. The molecule has 1 heterocycles. The lowest BCUT2D eigenvalue weighted by molar-refractivity contribution is -0.148. The molecule has 1 aliphatic rings. The van der Waals surface area contributed by atoms with Crippen LogP contribution in [0.15, 0.2) is 17.5 Å². The van der Waals surface area contributed by atoms with Crippen molar-refractivity contribution >= 4 is 54.9 Å². The van der Waals surface area contributed by atoms with E-state index >= 15 is 0 Å². The topological polar surface area (TPSA) is 69.4 Å². The van der Waals surface area contributed by atoms with Crippen molar-refractivity contribution in [1.29, 1.82) is 0 Å². The second-order valence-electron chi connectivity index (χ2n) is 4.93. The molecule has 4 atom stereocenters. The summed E-state index contributed by atoms with van der Waals surface area (Å²) in [6, 6.07) is 3.64. The molecular formula is C13H15Br2NO3S. The highest BCUT2D eigenvalue weighted by molar-refractivity contribution is 9.12. The lowest BCUT2D eigenvalue weighted by Crippen LogP contribution is -2.62. The van der Waals surface area contributed by atoms with Crippen LogP contribution in [0.5, 0.6) is 0 Å². The van der Waals surface area contributed by atoms with Crippen LogP contribution in [0, 0.1) is 5.92 Å². The summed E-state index contributed by atoms with van der Waals surface area (Å²) in [5.74, 6) is -0.731. The van der Waals surface area contributed by atoms with Crippen LogP contribution in [0.3, 0.4) is 0 Å². The number of Topliss-reactive ketones (excluding diaryl/α,β-unsaturated/α-hetero) is 1. The van der Waals surface area contributed by atoms with E-state index < -0.39 is 11.5 Å². The molecule has 0 radical (unpaired) electrons. The fourth-order valence-corrected chi connectivity index (χ4v) is 4.78. The predicted molar refractivity (Wildman–Crippen MR) is 85.7 cm³/mol. The van der Waals surface area contributed by atoms with Crippen molar-refractivity contribution in [2.75, 3.05) is 7.11 Å². The molecular weight excluding hydrogens is 410 g/mol. The third-order valence-electron chi connectivity index (χ3n) is 3.60. The highest BCUT2D eigenvalue weighted by atomic mass is 79.9. The quantitative estimate of drug-likeness (QED) is 0.460. The molecule has 0 amide bonds. The van der Waals surface area contributed by atoms with Gasteiger partial charge in [-0.1, -0.05) is 37.9 Å². The molecule has 2 N–H and O–H groups in total. The maximum atomic E-state index is 12.5. The zero-order valence-corrected chi connectivity index (χ0v) is 14.8. The molecule has 1 fully saturated rings. The van der Waals surface area contributed by atoms with Crippen molar-refractivity contribution in [3.8, 4) is 0 Å². The molecule has 0 bridgehead atoms. The molecule has 1 aliphatic carbocycles. The number of methoxy groups -OCH3 is 1. The van der Waals surface area contributed by atoms with Gasteiger partial charge in [0.1, 0.15) is 5.54 Å². The minimum atomic E-state index is -1.20. The average Bonchev–Trinajstić information content (AvgIpc) is 2.96.